The van der Waals surface area contributed by atoms with Gasteiger partial charge in [0.2, 0.25) is 6.79 Å². The number of hydrogen-bond donors (Lipinski definition) is 2. The monoisotopic (exact) mass is 326 g/mol. The molecule has 0 aliphatic carbocycles. The first-order chi connectivity index (χ1) is 11.7. The lowest BCUT2D eigenvalue weighted by Gasteiger charge is -2.08. The maximum absolute atomic E-state index is 12.3. The highest BCUT2D eigenvalue weighted by molar-refractivity contribution is 5.95. The standard InChI is InChI=1S/C18H18N2O4/c1-2-19-17(21)13-5-3-4-12(8-13)10-20-18(22)14-6-7-15-16(9-14)24-11-23-15/h3-9H,2,10-11H2,1H3,(H,19,21)(H,20,22). The predicted molar refractivity (Wildman–Crippen MR) is 88.2 cm³/mol. The van der Waals surface area contributed by atoms with Crippen LogP contribution >= 0.6 is 0 Å². The van der Waals surface area contributed by atoms with Crippen LogP contribution in [0.2, 0.25) is 0 Å². The van der Waals surface area contributed by atoms with E-state index >= 15 is 0 Å². The summed E-state index contributed by atoms with van der Waals surface area (Å²) in [6, 6.07) is 12.2. The summed E-state index contributed by atoms with van der Waals surface area (Å²) in [5.74, 6) is 0.875. The molecule has 3 rings (SSSR count). The fourth-order valence-corrected chi connectivity index (χ4v) is 2.41. The number of carbonyl (C=O) groups is 2. The lowest BCUT2D eigenvalue weighted by Crippen LogP contribution is -2.24. The quantitative estimate of drug-likeness (QED) is 0.882. The van der Waals surface area contributed by atoms with Crippen LogP contribution in [0.3, 0.4) is 0 Å². The zero-order valence-corrected chi connectivity index (χ0v) is 13.3. The summed E-state index contributed by atoms with van der Waals surface area (Å²) in [4.78, 5) is 24.1. The molecule has 0 unspecified atom stereocenters. The van der Waals surface area contributed by atoms with Gasteiger partial charge in [-0.1, -0.05) is 12.1 Å². The van der Waals surface area contributed by atoms with E-state index in [1.807, 2.05) is 13.0 Å². The maximum Gasteiger partial charge on any atom is 0.251 e. The van der Waals surface area contributed by atoms with Gasteiger partial charge in [0.15, 0.2) is 11.5 Å². The van der Waals surface area contributed by atoms with Crippen molar-refractivity contribution in [2.24, 2.45) is 0 Å². The Morgan fingerprint density at radius 2 is 1.71 bits per heavy atom. The van der Waals surface area contributed by atoms with E-state index < -0.39 is 0 Å². The Morgan fingerprint density at radius 1 is 0.958 bits per heavy atom. The largest absolute Gasteiger partial charge is 0.454 e. The van der Waals surface area contributed by atoms with Crippen molar-refractivity contribution in [2.45, 2.75) is 13.5 Å². The normalized spacial score (nSPS) is 11.9. The molecule has 0 aromatic heterocycles. The van der Waals surface area contributed by atoms with Gasteiger partial charge in [-0.3, -0.25) is 9.59 Å². The Bertz CT molecular complexity index is 773. The van der Waals surface area contributed by atoms with E-state index in [1.165, 1.54) is 0 Å². The molecule has 6 heteroatoms. The van der Waals surface area contributed by atoms with Crippen LogP contribution in [0, 0.1) is 0 Å². The zero-order valence-electron chi connectivity index (χ0n) is 13.3. The summed E-state index contributed by atoms with van der Waals surface area (Å²) in [5.41, 5.74) is 1.93. The first kappa shape index (κ1) is 15.9. The molecule has 0 atom stereocenters. The van der Waals surface area contributed by atoms with Gasteiger partial charge < -0.3 is 20.1 Å². The average molecular weight is 326 g/mol. The van der Waals surface area contributed by atoms with Gasteiger partial charge in [-0.2, -0.15) is 0 Å². The van der Waals surface area contributed by atoms with E-state index in [-0.39, 0.29) is 18.6 Å². The lowest BCUT2D eigenvalue weighted by atomic mass is 10.1. The van der Waals surface area contributed by atoms with Crippen LogP contribution in [0.4, 0.5) is 0 Å². The molecular weight excluding hydrogens is 308 g/mol. The minimum atomic E-state index is -0.211. The third-order valence-corrected chi connectivity index (χ3v) is 3.61. The van der Waals surface area contributed by atoms with Gasteiger partial charge >= 0.3 is 0 Å². The van der Waals surface area contributed by atoms with Crippen molar-refractivity contribution in [2.75, 3.05) is 13.3 Å². The third kappa shape index (κ3) is 3.48. The number of carbonyl (C=O) groups excluding carboxylic acids is 2. The molecule has 0 bridgehead atoms. The second-order valence-electron chi connectivity index (χ2n) is 5.31. The molecule has 0 spiro atoms. The van der Waals surface area contributed by atoms with E-state index in [2.05, 4.69) is 10.6 Å². The van der Waals surface area contributed by atoms with Gasteiger partial charge in [0.05, 0.1) is 0 Å². The predicted octanol–water partition coefficient (Wildman–Crippen LogP) is 2.10. The van der Waals surface area contributed by atoms with Crippen molar-refractivity contribution in [3.8, 4) is 11.5 Å². The molecule has 24 heavy (non-hydrogen) atoms. The van der Waals surface area contributed by atoms with E-state index in [9.17, 15) is 9.59 Å². The molecule has 1 aliphatic heterocycles. The molecule has 6 nitrogen and oxygen atoms in total. The van der Waals surface area contributed by atoms with E-state index in [4.69, 9.17) is 9.47 Å². The molecule has 0 saturated carbocycles. The average Bonchev–Trinajstić information content (AvgIpc) is 3.08. The highest BCUT2D eigenvalue weighted by Gasteiger charge is 2.16. The van der Waals surface area contributed by atoms with Gasteiger partial charge in [-0.15, -0.1) is 0 Å². The van der Waals surface area contributed by atoms with Crippen molar-refractivity contribution in [3.05, 3.63) is 59.2 Å². The molecule has 2 aromatic rings. The van der Waals surface area contributed by atoms with E-state index in [0.717, 1.165) is 5.56 Å². The summed E-state index contributed by atoms with van der Waals surface area (Å²) in [6.45, 7) is 2.95. The first-order valence-electron chi connectivity index (χ1n) is 7.72. The number of benzene rings is 2. The van der Waals surface area contributed by atoms with E-state index in [0.29, 0.717) is 35.7 Å². The molecule has 124 valence electrons. The van der Waals surface area contributed by atoms with Crippen molar-refractivity contribution < 1.29 is 19.1 Å². The third-order valence-electron chi connectivity index (χ3n) is 3.61. The molecule has 0 saturated heterocycles. The Morgan fingerprint density at radius 3 is 2.54 bits per heavy atom. The summed E-state index contributed by atoms with van der Waals surface area (Å²) >= 11 is 0. The van der Waals surface area contributed by atoms with Crippen LogP contribution in [-0.4, -0.2) is 25.2 Å². The minimum Gasteiger partial charge on any atom is -0.454 e. The van der Waals surface area contributed by atoms with Crippen molar-refractivity contribution in [3.63, 3.8) is 0 Å². The highest BCUT2D eigenvalue weighted by atomic mass is 16.7. The Balaban J connectivity index is 1.64. The smallest absolute Gasteiger partial charge is 0.251 e. The number of rotatable bonds is 5. The van der Waals surface area contributed by atoms with Crippen LogP contribution in [0.15, 0.2) is 42.5 Å². The maximum atomic E-state index is 12.3. The van der Waals surface area contributed by atoms with Crippen molar-refractivity contribution in [1.29, 1.82) is 0 Å². The van der Waals surface area contributed by atoms with Gasteiger partial charge in [0, 0.05) is 24.2 Å². The fraction of sp³-hybridized carbons (Fsp3) is 0.222. The molecule has 2 N–H and O–H groups in total. The second-order valence-corrected chi connectivity index (χ2v) is 5.31. The summed E-state index contributed by atoms with van der Waals surface area (Å²) in [6.07, 6.45) is 0. The molecular formula is C18H18N2O4. The van der Waals surface area contributed by atoms with Gasteiger partial charge in [-0.05, 0) is 42.8 Å². The minimum absolute atomic E-state index is 0.124. The molecule has 2 aromatic carbocycles. The van der Waals surface area contributed by atoms with Crippen LogP contribution in [0.25, 0.3) is 0 Å². The molecule has 2 amide bonds. The van der Waals surface area contributed by atoms with Crippen LogP contribution < -0.4 is 20.1 Å². The summed E-state index contributed by atoms with van der Waals surface area (Å²) < 4.78 is 10.5. The first-order valence-corrected chi connectivity index (χ1v) is 7.72. The number of amides is 2. The molecule has 1 heterocycles. The summed E-state index contributed by atoms with van der Waals surface area (Å²) in [5, 5.41) is 5.59. The molecule has 1 aliphatic rings. The van der Waals surface area contributed by atoms with Crippen molar-refractivity contribution >= 4 is 11.8 Å². The Kier molecular flexibility index (Phi) is 4.65. The Hall–Kier alpha value is -3.02. The number of ether oxygens (including phenoxy) is 2. The number of hydrogen-bond acceptors (Lipinski definition) is 4. The fourth-order valence-electron chi connectivity index (χ4n) is 2.41. The number of fused-ring (bicyclic) bond motifs is 1. The molecule has 0 fully saturated rings. The van der Waals surface area contributed by atoms with Gasteiger partial charge in [0.25, 0.3) is 11.8 Å². The zero-order chi connectivity index (χ0) is 16.9. The highest BCUT2D eigenvalue weighted by Crippen LogP contribution is 2.32. The summed E-state index contributed by atoms with van der Waals surface area (Å²) in [7, 11) is 0. The SMILES string of the molecule is CCNC(=O)c1cccc(CNC(=O)c2ccc3c(c2)OCO3)c1. The lowest BCUT2D eigenvalue weighted by molar-refractivity contribution is 0.0946. The second kappa shape index (κ2) is 7.04. The van der Waals surface area contributed by atoms with Gasteiger partial charge in [-0.25, -0.2) is 0 Å². The van der Waals surface area contributed by atoms with Crippen LogP contribution in [0.1, 0.15) is 33.2 Å². The van der Waals surface area contributed by atoms with Gasteiger partial charge in [0.1, 0.15) is 0 Å². The number of nitrogens with one attached hydrogen (secondary N) is 2. The Labute approximate surface area is 139 Å². The van der Waals surface area contributed by atoms with Crippen LogP contribution in [-0.2, 0) is 6.54 Å². The van der Waals surface area contributed by atoms with Crippen molar-refractivity contribution in [1.82, 2.24) is 10.6 Å². The topological polar surface area (TPSA) is 76.7 Å². The molecule has 0 radical (unpaired) electrons. The van der Waals surface area contributed by atoms with Crippen LogP contribution in [0.5, 0.6) is 11.5 Å². The van der Waals surface area contributed by atoms with E-state index in [1.54, 1.807) is 36.4 Å².